The lowest BCUT2D eigenvalue weighted by Crippen LogP contribution is -2.43. The third-order valence-corrected chi connectivity index (χ3v) is 3.10. The molecule has 0 radical (unpaired) electrons. The summed E-state index contributed by atoms with van der Waals surface area (Å²) >= 11 is 5.72. The fraction of sp³-hybridized carbons (Fsp3) is 0.500. The second kappa shape index (κ2) is 4.25. The number of halogens is 1. The normalized spacial score (nSPS) is 18.3. The zero-order valence-corrected chi connectivity index (χ0v) is 9.37. The van der Waals surface area contributed by atoms with Gasteiger partial charge in [0.1, 0.15) is 0 Å². The largest absolute Gasteiger partial charge is 0.465 e. The van der Waals surface area contributed by atoms with E-state index in [4.69, 9.17) is 16.7 Å². The first-order chi connectivity index (χ1) is 7.62. The molecule has 1 saturated carbocycles. The fourth-order valence-electron chi connectivity index (χ4n) is 2.23. The van der Waals surface area contributed by atoms with Gasteiger partial charge in [0.15, 0.2) is 0 Å². The standard InChI is InChI=1S/C10H12ClN3O2/c11-8-12-6-3-7(13-8)10(14-9(15)16)4-1-2-5-10/h3,6,14H,1-2,4-5H2,(H,15,16). The van der Waals surface area contributed by atoms with Gasteiger partial charge in [0.25, 0.3) is 0 Å². The van der Waals surface area contributed by atoms with E-state index in [1.54, 1.807) is 12.3 Å². The van der Waals surface area contributed by atoms with Crippen LogP contribution in [0, 0.1) is 0 Å². The highest BCUT2D eigenvalue weighted by molar-refractivity contribution is 6.28. The van der Waals surface area contributed by atoms with Gasteiger partial charge in [0, 0.05) is 6.20 Å². The third kappa shape index (κ3) is 2.09. The Hall–Kier alpha value is -1.36. The molecule has 0 aliphatic heterocycles. The van der Waals surface area contributed by atoms with Gasteiger partial charge in [-0.25, -0.2) is 14.8 Å². The Balaban J connectivity index is 2.35. The van der Waals surface area contributed by atoms with E-state index >= 15 is 0 Å². The van der Waals surface area contributed by atoms with Gasteiger partial charge >= 0.3 is 6.09 Å². The molecule has 0 saturated heterocycles. The van der Waals surface area contributed by atoms with Crippen LogP contribution in [0.3, 0.4) is 0 Å². The molecule has 2 rings (SSSR count). The molecule has 0 bridgehead atoms. The highest BCUT2D eigenvalue weighted by Crippen LogP contribution is 2.37. The molecule has 0 unspecified atom stereocenters. The van der Waals surface area contributed by atoms with Gasteiger partial charge < -0.3 is 10.4 Å². The van der Waals surface area contributed by atoms with Crippen molar-refractivity contribution in [2.24, 2.45) is 0 Å². The number of nitrogens with one attached hydrogen (secondary N) is 1. The summed E-state index contributed by atoms with van der Waals surface area (Å²) in [7, 11) is 0. The smallest absolute Gasteiger partial charge is 0.405 e. The molecule has 0 spiro atoms. The monoisotopic (exact) mass is 241 g/mol. The minimum Gasteiger partial charge on any atom is -0.465 e. The number of hydrogen-bond acceptors (Lipinski definition) is 3. The number of amides is 1. The number of carboxylic acid groups (broad SMARTS) is 1. The molecule has 86 valence electrons. The molecule has 0 atom stereocenters. The van der Waals surface area contributed by atoms with Crippen LogP contribution in [0.5, 0.6) is 0 Å². The molecule has 5 nitrogen and oxygen atoms in total. The number of aromatic nitrogens is 2. The number of carbonyl (C=O) groups is 1. The second-order valence-corrected chi connectivity index (χ2v) is 4.27. The summed E-state index contributed by atoms with van der Waals surface area (Å²) in [6.45, 7) is 0. The SMILES string of the molecule is O=C(O)NC1(c2ccnc(Cl)n2)CCCC1. The van der Waals surface area contributed by atoms with Crippen molar-refractivity contribution in [3.8, 4) is 0 Å². The van der Waals surface area contributed by atoms with Crippen LogP contribution in [-0.2, 0) is 5.54 Å². The van der Waals surface area contributed by atoms with Gasteiger partial charge in [-0.15, -0.1) is 0 Å². The van der Waals surface area contributed by atoms with Crippen molar-refractivity contribution in [2.75, 3.05) is 0 Å². The Bertz CT molecular complexity index is 405. The Kier molecular flexibility index (Phi) is 2.96. The van der Waals surface area contributed by atoms with Crippen LogP contribution < -0.4 is 5.32 Å². The molecule has 1 aromatic heterocycles. The summed E-state index contributed by atoms with van der Waals surface area (Å²) in [6.07, 6.45) is 4.01. The van der Waals surface area contributed by atoms with Crippen molar-refractivity contribution in [3.63, 3.8) is 0 Å². The molecule has 2 N–H and O–H groups in total. The molecule has 1 fully saturated rings. The molecule has 1 aliphatic rings. The van der Waals surface area contributed by atoms with Crippen LogP contribution in [0.1, 0.15) is 31.4 Å². The zero-order chi connectivity index (χ0) is 11.6. The predicted molar refractivity (Wildman–Crippen MR) is 58.3 cm³/mol. The second-order valence-electron chi connectivity index (χ2n) is 3.93. The van der Waals surface area contributed by atoms with Gasteiger partial charge in [0.05, 0.1) is 11.2 Å². The van der Waals surface area contributed by atoms with E-state index in [9.17, 15) is 4.79 Å². The first kappa shape index (κ1) is 11.1. The summed E-state index contributed by atoms with van der Waals surface area (Å²) < 4.78 is 0. The highest BCUT2D eigenvalue weighted by atomic mass is 35.5. The average Bonchev–Trinajstić information content (AvgIpc) is 2.66. The van der Waals surface area contributed by atoms with E-state index in [1.807, 2.05) is 0 Å². The molecule has 16 heavy (non-hydrogen) atoms. The van der Waals surface area contributed by atoms with E-state index in [2.05, 4.69) is 15.3 Å². The van der Waals surface area contributed by atoms with E-state index in [0.29, 0.717) is 5.69 Å². The van der Waals surface area contributed by atoms with Crippen molar-refractivity contribution in [1.82, 2.24) is 15.3 Å². The quantitative estimate of drug-likeness (QED) is 0.778. The Morgan fingerprint density at radius 2 is 2.19 bits per heavy atom. The first-order valence-electron chi connectivity index (χ1n) is 5.12. The summed E-state index contributed by atoms with van der Waals surface area (Å²) in [5.41, 5.74) is 0.0747. The number of rotatable bonds is 2. The molecular weight excluding hydrogens is 230 g/mol. The molecule has 1 aromatic rings. The molecule has 0 aromatic carbocycles. The lowest BCUT2D eigenvalue weighted by Gasteiger charge is -2.28. The van der Waals surface area contributed by atoms with Gasteiger partial charge in [0.2, 0.25) is 5.28 Å². The maximum absolute atomic E-state index is 10.8. The van der Waals surface area contributed by atoms with E-state index in [-0.39, 0.29) is 5.28 Å². The summed E-state index contributed by atoms with van der Waals surface area (Å²) in [6, 6.07) is 1.72. The summed E-state index contributed by atoms with van der Waals surface area (Å²) in [5.74, 6) is 0. The summed E-state index contributed by atoms with van der Waals surface area (Å²) in [4.78, 5) is 18.7. The predicted octanol–water partition coefficient (Wildman–Crippen LogP) is 2.17. The fourth-order valence-corrected chi connectivity index (χ4v) is 2.38. The third-order valence-electron chi connectivity index (χ3n) is 2.92. The zero-order valence-electron chi connectivity index (χ0n) is 8.61. The van der Waals surface area contributed by atoms with Crippen LogP contribution in [0.25, 0.3) is 0 Å². The van der Waals surface area contributed by atoms with Crippen LogP contribution in [-0.4, -0.2) is 21.2 Å². The van der Waals surface area contributed by atoms with E-state index in [1.165, 1.54) is 0 Å². The van der Waals surface area contributed by atoms with E-state index < -0.39 is 11.6 Å². The maximum atomic E-state index is 10.8. The Labute approximate surface area is 97.9 Å². The average molecular weight is 242 g/mol. The van der Waals surface area contributed by atoms with E-state index in [0.717, 1.165) is 25.7 Å². The number of hydrogen-bond donors (Lipinski definition) is 2. The molecule has 6 heteroatoms. The Morgan fingerprint density at radius 3 is 2.75 bits per heavy atom. The molecular formula is C10H12ClN3O2. The molecule has 1 amide bonds. The van der Waals surface area contributed by atoms with Crippen LogP contribution in [0.2, 0.25) is 5.28 Å². The highest BCUT2D eigenvalue weighted by Gasteiger charge is 2.38. The van der Waals surface area contributed by atoms with Crippen LogP contribution in [0.4, 0.5) is 4.79 Å². The number of nitrogens with zero attached hydrogens (tertiary/aromatic N) is 2. The van der Waals surface area contributed by atoms with Crippen LogP contribution >= 0.6 is 11.6 Å². The summed E-state index contributed by atoms with van der Waals surface area (Å²) in [5, 5.41) is 11.6. The van der Waals surface area contributed by atoms with Crippen molar-refractivity contribution in [2.45, 2.75) is 31.2 Å². The van der Waals surface area contributed by atoms with Crippen LogP contribution in [0.15, 0.2) is 12.3 Å². The lowest BCUT2D eigenvalue weighted by molar-refractivity contribution is 0.176. The maximum Gasteiger partial charge on any atom is 0.405 e. The van der Waals surface area contributed by atoms with Gasteiger partial charge in [-0.2, -0.15) is 0 Å². The molecule has 1 heterocycles. The van der Waals surface area contributed by atoms with Crippen molar-refractivity contribution in [1.29, 1.82) is 0 Å². The Morgan fingerprint density at radius 1 is 1.50 bits per heavy atom. The van der Waals surface area contributed by atoms with Gasteiger partial charge in [-0.05, 0) is 30.5 Å². The van der Waals surface area contributed by atoms with Crippen molar-refractivity contribution >= 4 is 17.7 Å². The minimum atomic E-state index is -1.03. The minimum absolute atomic E-state index is 0.149. The van der Waals surface area contributed by atoms with Crippen molar-refractivity contribution < 1.29 is 9.90 Å². The molecule has 1 aliphatic carbocycles. The topological polar surface area (TPSA) is 75.1 Å². The lowest BCUT2D eigenvalue weighted by atomic mass is 9.93. The van der Waals surface area contributed by atoms with Gasteiger partial charge in [-0.3, -0.25) is 0 Å². The van der Waals surface area contributed by atoms with Gasteiger partial charge in [-0.1, -0.05) is 12.8 Å². The van der Waals surface area contributed by atoms with Crippen molar-refractivity contribution in [3.05, 3.63) is 23.2 Å². The first-order valence-corrected chi connectivity index (χ1v) is 5.50.